The minimum Gasteiger partial charge on any atom is -0.377 e. The summed E-state index contributed by atoms with van der Waals surface area (Å²) in [7, 11) is 0. The first-order valence-corrected chi connectivity index (χ1v) is 10.0. The van der Waals surface area contributed by atoms with Gasteiger partial charge >= 0.3 is 0 Å². The lowest BCUT2D eigenvalue weighted by Crippen LogP contribution is -2.33. The van der Waals surface area contributed by atoms with Crippen LogP contribution < -0.4 is 0 Å². The molecule has 2 saturated heterocycles. The Balaban J connectivity index is 1.49. The Morgan fingerprint density at radius 2 is 2.00 bits per heavy atom. The van der Waals surface area contributed by atoms with Crippen molar-refractivity contribution < 1.29 is 13.9 Å². The van der Waals surface area contributed by atoms with E-state index in [2.05, 4.69) is 16.1 Å². The van der Waals surface area contributed by atoms with Gasteiger partial charge in [-0.3, -0.25) is 4.90 Å². The molecular weight excluding hydrogens is 345 g/mol. The molecule has 0 unspecified atom stereocenters. The van der Waals surface area contributed by atoms with E-state index in [1.807, 2.05) is 16.9 Å². The Bertz CT molecular complexity index is 724. The molecule has 2 fully saturated rings. The summed E-state index contributed by atoms with van der Waals surface area (Å²) >= 11 is 0. The Morgan fingerprint density at radius 1 is 1.07 bits per heavy atom. The second kappa shape index (κ2) is 8.95. The summed E-state index contributed by atoms with van der Waals surface area (Å²) in [5, 5.41) is 4.52. The molecule has 0 bridgehead atoms. The van der Waals surface area contributed by atoms with Gasteiger partial charge in [0.15, 0.2) is 6.23 Å². The molecule has 6 heteroatoms. The van der Waals surface area contributed by atoms with Crippen LogP contribution in [0.3, 0.4) is 0 Å². The first-order valence-electron chi connectivity index (χ1n) is 10.0. The monoisotopic (exact) mass is 373 g/mol. The molecule has 27 heavy (non-hydrogen) atoms. The molecular formula is C21H28FN3O2. The number of halogens is 1. The molecule has 3 heterocycles. The largest absolute Gasteiger partial charge is 0.377 e. The molecule has 0 spiro atoms. The Labute approximate surface area is 160 Å². The van der Waals surface area contributed by atoms with Crippen molar-refractivity contribution in [2.24, 2.45) is 0 Å². The summed E-state index contributed by atoms with van der Waals surface area (Å²) in [5.41, 5.74) is 2.12. The zero-order valence-electron chi connectivity index (χ0n) is 15.7. The molecule has 1 aromatic carbocycles. The fraction of sp³-hybridized carbons (Fsp3) is 0.571. The summed E-state index contributed by atoms with van der Waals surface area (Å²) in [6.45, 7) is 3.91. The molecule has 5 nitrogen and oxygen atoms in total. The van der Waals surface area contributed by atoms with Gasteiger partial charge in [0.1, 0.15) is 5.82 Å². The first-order chi connectivity index (χ1) is 13.3. The molecule has 1 aromatic heterocycles. The topological polar surface area (TPSA) is 39.5 Å². The Kier molecular flexibility index (Phi) is 6.17. The first kappa shape index (κ1) is 18.6. The van der Waals surface area contributed by atoms with Gasteiger partial charge in [-0.05, 0) is 55.9 Å². The van der Waals surface area contributed by atoms with Crippen molar-refractivity contribution in [3.8, 4) is 0 Å². The van der Waals surface area contributed by atoms with Crippen LogP contribution in [0, 0.1) is 5.82 Å². The number of ether oxygens (including phenoxy) is 2. The van der Waals surface area contributed by atoms with E-state index in [1.165, 1.54) is 12.5 Å². The van der Waals surface area contributed by atoms with Crippen LogP contribution in [0.15, 0.2) is 36.5 Å². The maximum atomic E-state index is 13.6. The second-order valence-electron chi connectivity index (χ2n) is 7.52. The molecule has 0 aliphatic carbocycles. The summed E-state index contributed by atoms with van der Waals surface area (Å²) in [5.74, 6) is -0.190. The van der Waals surface area contributed by atoms with Gasteiger partial charge in [-0.15, -0.1) is 0 Å². The lowest BCUT2D eigenvalue weighted by atomic mass is 10.1. The van der Waals surface area contributed by atoms with Crippen LogP contribution in [0.1, 0.15) is 49.6 Å². The zero-order valence-corrected chi connectivity index (χ0v) is 15.7. The molecule has 0 N–H and O–H groups in total. The quantitative estimate of drug-likeness (QED) is 0.738. The molecule has 146 valence electrons. The number of benzene rings is 1. The van der Waals surface area contributed by atoms with Gasteiger partial charge in [-0.25, -0.2) is 9.07 Å². The average Bonchev–Trinajstić information content (AvgIpc) is 3.34. The SMILES string of the molecule is Fc1cccc(CN(Cc2ccnn2[C@@H]2CCCCO2)C[C@H]2CCCO2)c1. The minimum absolute atomic E-state index is 0.0301. The van der Waals surface area contributed by atoms with Crippen LogP contribution in [0.4, 0.5) is 4.39 Å². The predicted octanol–water partition coefficient (Wildman–Crippen LogP) is 3.90. The molecule has 0 saturated carbocycles. The van der Waals surface area contributed by atoms with Crippen LogP contribution in [-0.4, -0.2) is 40.5 Å². The summed E-state index contributed by atoms with van der Waals surface area (Å²) in [6, 6.07) is 8.92. The third kappa shape index (κ3) is 4.94. The highest BCUT2D eigenvalue weighted by Gasteiger charge is 2.23. The van der Waals surface area contributed by atoms with E-state index in [-0.39, 0.29) is 18.1 Å². The van der Waals surface area contributed by atoms with E-state index in [4.69, 9.17) is 9.47 Å². The van der Waals surface area contributed by atoms with Crippen LogP contribution in [0.2, 0.25) is 0 Å². The van der Waals surface area contributed by atoms with E-state index in [9.17, 15) is 4.39 Å². The van der Waals surface area contributed by atoms with Crippen molar-refractivity contribution in [2.75, 3.05) is 19.8 Å². The van der Waals surface area contributed by atoms with E-state index >= 15 is 0 Å². The fourth-order valence-electron chi connectivity index (χ4n) is 4.03. The smallest absolute Gasteiger partial charge is 0.150 e. The fourth-order valence-corrected chi connectivity index (χ4v) is 4.03. The highest BCUT2D eigenvalue weighted by atomic mass is 19.1. The van der Waals surface area contributed by atoms with Gasteiger partial charge in [0.25, 0.3) is 0 Å². The standard InChI is InChI=1S/C21H28FN3O2/c22-18-6-3-5-17(13-18)14-24(16-20-7-4-12-26-20)15-19-9-10-23-25(19)21-8-1-2-11-27-21/h3,5-6,9-10,13,20-21H,1-2,4,7-8,11-12,14-16H2/t20-,21+/m1/s1. The molecule has 2 aromatic rings. The summed E-state index contributed by atoms with van der Waals surface area (Å²) < 4.78 is 27.4. The normalized spacial score (nSPS) is 23.2. The molecule has 2 aliphatic heterocycles. The number of aromatic nitrogens is 2. The lowest BCUT2D eigenvalue weighted by Gasteiger charge is -2.28. The predicted molar refractivity (Wildman–Crippen MR) is 101 cm³/mol. The zero-order chi connectivity index (χ0) is 18.5. The van der Waals surface area contributed by atoms with Gasteiger partial charge in [0, 0.05) is 39.0 Å². The van der Waals surface area contributed by atoms with Crippen molar-refractivity contribution >= 4 is 0 Å². The Morgan fingerprint density at radius 3 is 2.78 bits per heavy atom. The van der Waals surface area contributed by atoms with Crippen LogP contribution >= 0.6 is 0 Å². The maximum Gasteiger partial charge on any atom is 0.150 e. The number of nitrogens with zero attached hydrogens (tertiary/aromatic N) is 3. The van der Waals surface area contributed by atoms with Gasteiger partial charge in [-0.1, -0.05) is 12.1 Å². The van der Waals surface area contributed by atoms with Crippen LogP contribution in [0.25, 0.3) is 0 Å². The highest BCUT2D eigenvalue weighted by molar-refractivity contribution is 5.16. The van der Waals surface area contributed by atoms with Crippen LogP contribution in [-0.2, 0) is 22.6 Å². The third-order valence-electron chi connectivity index (χ3n) is 5.35. The van der Waals surface area contributed by atoms with Gasteiger partial charge in [-0.2, -0.15) is 5.10 Å². The van der Waals surface area contributed by atoms with E-state index < -0.39 is 0 Å². The molecule has 0 amide bonds. The van der Waals surface area contributed by atoms with Crippen molar-refractivity contribution in [3.63, 3.8) is 0 Å². The molecule has 2 atom stereocenters. The molecule has 2 aliphatic rings. The average molecular weight is 373 g/mol. The number of rotatable bonds is 7. The van der Waals surface area contributed by atoms with Crippen molar-refractivity contribution in [1.82, 2.24) is 14.7 Å². The molecule has 4 rings (SSSR count). The number of hydrogen-bond donors (Lipinski definition) is 0. The van der Waals surface area contributed by atoms with E-state index in [1.54, 1.807) is 12.1 Å². The number of hydrogen-bond acceptors (Lipinski definition) is 4. The van der Waals surface area contributed by atoms with Crippen molar-refractivity contribution in [3.05, 3.63) is 53.6 Å². The molecule has 0 radical (unpaired) electrons. The second-order valence-corrected chi connectivity index (χ2v) is 7.52. The third-order valence-corrected chi connectivity index (χ3v) is 5.35. The van der Waals surface area contributed by atoms with E-state index in [0.717, 1.165) is 63.2 Å². The minimum atomic E-state index is -0.190. The Hall–Kier alpha value is -1.76. The summed E-state index contributed by atoms with van der Waals surface area (Å²) in [4.78, 5) is 2.33. The van der Waals surface area contributed by atoms with E-state index in [0.29, 0.717) is 6.54 Å². The summed E-state index contributed by atoms with van der Waals surface area (Å²) in [6.07, 6.45) is 7.63. The van der Waals surface area contributed by atoms with Gasteiger partial charge < -0.3 is 9.47 Å². The van der Waals surface area contributed by atoms with Gasteiger partial charge in [0.05, 0.1) is 11.8 Å². The highest BCUT2D eigenvalue weighted by Crippen LogP contribution is 2.24. The van der Waals surface area contributed by atoms with Crippen molar-refractivity contribution in [1.29, 1.82) is 0 Å². The van der Waals surface area contributed by atoms with Gasteiger partial charge in [0.2, 0.25) is 0 Å². The van der Waals surface area contributed by atoms with Crippen LogP contribution in [0.5, 0.6) is 0 Å². The maximum absolute atomic E-state index is 13.6. The van der Waals surface area contributed by atoms with Crippen molar-refractivity contribution in [2.45, 2.75) is 57.5 Å². The lowest BCUT2D eigenvalue weighted by molar-refractivity contribution is -0.0424.